The van der Waals surface area contributed by atoms with Crippen LogP contribution in [0.5, 0.6) is 0 Å². The average Bonchev–Trinajstić information content (AvgIpc) is 4.06. The molecule has 0 fully saturated rings. The summed E-state index contributed by atoms with van der Waals surface area (Å²) in [6.07, 6.45) is 0. The van der Waals surface area contributed by atoms with E-state index >= 15 is 0 Å². The Balaban J connectivity index is 1.35. The molecule has 11 aromatic rings. The molecule has 0 unspecified atom stereocenters. The maximum atomic E-state index is 9.85. The molecule has 0 aliphatic carbocycles. The van der Waals surface area contributed by atoms with Gasteiger partial charge in [0.05, 0.1) is 48.1 Å². The fourth-order valence-electron chi connectivity index (χ4n) is 6.92. The van der Waals surface area contributed by atoms with E-state index < -0.39 is 143 Å². The van der Waals surface area contributed by atoms with Crippen LogP contribution in [0.25, 0.3) is 100 Å². The fourth-order valence-corrected chi connectivity index (χ4v) is 6.92. The summed E-state index contributed by atoms with van der Waals surface area (Å²) in [6.45, 7) is 0. The number of aromatic nitrogens is 5. The van der Waals surface area contributed by atoms with Gasteiger partial charge in [-0.3, -0.25) is 4.57 Å². The number of hydrogen-bond donors (Lipinski definition) is 0. The second kappa shape index (κ2) is 13.0. The van der Waals surface area contributed by atoms with E-state index in [4.69, 9.17) is 27.3 Å². The van der Waals surface area contributed by atoms with Gasteiger partial charge in [0.1, 0.15) is 0 Å². The van der Waals surface area contributed by atoms with Crippen molar-refractivity contribution in [3.8, 4) is 56.7 Å². The van der Waals surface area contributed by atoms with Crippen molar-refractivity contribution in [3.05, 3.63) is 200 Å². The summed E-state index contributed by atoms with van der Waals surface area (Å²) < 4.78 is 175. The van der Waals surface area contributed by atoms with Crippen LogP contribution in [0, 0.1) is 0 Å². The molecule has 5 nitrogen and oxygen atoms in total. The number of nitrogens with zero attached hydrogens (tertiary/aromatic N) is 5. The van der Waals surface area contributed by atoms with Gasteiger partial charge < -0.3 is 4.57 Å². The second-order valence-electron chi connectivity index (χ2n) is 12.6. The van der Waals surface area contributed by atoms with Gasteiger partial charge in [-0.25, -0.2) is 4.98 Å². The van der Waals surface area contributed by atoms with E-state index in [2.05, 4.69) is 0 Å². The topological polar surface area (TPSA) is 48.5 Å². The maximum absolute atomic E-state index is 9.85. The normalized spacial score (nSPS) is 16.3. The van der Waals surface area contributed by atoms with Gasteiger partial charge in [0.2, 0.25) is 5.95 Å². The van der Waals surface area contributed by atoms with Gasteiger partial charge in [-0.05, 0) is 52.5 Å². The molecule has 0 amide bonds. The van der Waals surface area contributed by atoms with E-state index in [1.807, 2.05) is 42.5 Å². The predicted molar refractivity (Wildman–Crippen MR) is 230 cm³/mol. The van der Waals surface area contributed by atoms with Crippen molar-refractivity contribution in [1.82, 2.24) is 24.1 Å². The van der Waals surface area contributed by atoms with Crippen LogP contribution in [0.3, 0.4) is 0 Å². The van der Waals surface area contributed by atoms with Crippen molar-refractivity contribution in [1.29, 1.82) is 0 Å². The summed E-state index contributed by atoms with van der Waals surface area (Å²) >= 11 is 0. The molecule has 0 spiro atoms. The zero-order chi connectivity index (χ0) is 53.5. The van der Waals surface area contributed by atoms with Crippen LogP contribution in [-0.2, 0) is 0 Å². The first-order valence-corrected chi connectivity index (χ1v) is 17.3. The van der Waals surface area contributed by atoms with Crippen LogP contribution in [-0.4, -0.2) is 24.1 Å². The van der Waals surface area contributed by atoms with E-state index in [-0.39, 0.29) is 50.3 Å². The molecule has 3 aromatic heterocycles. The summed E-state index contributed by atoms with van der Waals surface area (Å²) in [5.74, 6) is -0.103. The molecule has 8 aromatic carbocycles. The molecule has 0 atom stereocenters. The highest BCUT2D eigenvalue weighted by Gasteiger charge is 2.23. The molecule has 0 N–H and O–H groups in total. The summed E-state index contributed by atoms with van der Waals surface area (Å²) in [5.41, 5.74) is -0.776. The van der Waals surface area contributed by atoms with Crippen LogP contribution < -0.4 is 0 Å². The van der Waals surface area contributed by atoms with Gasteiger partial charge >= 0.3 is 0 Å². The highest BCUT2D eigenvalue weighted by Crippen LogP contribution is 2.42. The van der Waals surface area contributed by atoms with Gasteiger partial charge in [-0.1, -0.05) is 170 Å². The Bertz CT molecular complexity index is 4270. The first-order chi connectivity index (χ1) is 35.7. The molecule has 0 aliphatic rings. The van der Waals surface area contributed by atoms with E-state index in [0.717, 1.165) is 15.7 Å². The maximum Gasteiger partial charge on any atom is 0.238 e. The molecule has 3 heterocycles. The number of para-hydroxylation sites is 2. The lowest BCUT2D eigenvalue weighted by atomic mass is 10.0. The molecule has 5 heteroatoms. The van der Waals surface area contributed by atoms with Gasteiger partial charge in [-0.2, -0.15) is 9.97 Å². The quantitative estimate of drug-likeness (QED) is 0.171. The molecule has 56 heavy (non-hydrogen) atoms. The van der Waals surface area contributed by atoms with Crippen molar-refractivity contribution in [3.63, 3.8) is 0 Å². The standard InChI is InChI=1S/C51H33N5/c1-4-14-34(15-5-1)36-24-26-39(27-25-36)50-52-49(38-18-8-3-9-19-38)53-51(54-50)56-45-23-13-11-21-43(45)47-46(56)33-32-42-41-20-10-12-22-44(41)55(48(42)47)40-30-28-37(29-31-40)35-16-6-2-7-17-35/h1-33H/i2D,6D,7D,10D,11D,12D,13D,16D,17D,20D,21D,22D,23D,28D,29D,30D,31D,32D,33D. The number of benzene rings is 8. The minimum atomic E-state index is -0.933. The molecule has 0 saturated heterocycles. The Kier molecular flexibility index (Phi) is 4.22. The SMILES string of the molecule is [2H]c1c([2H])c([2H])c(-c2c([2H])c([2H])c(-n3c4c([2H])c([2H])c([2H])c([2H])c4c4c([2H])c([2H])c5c(c6c([2H])c([2H])c([2H])c([2H])c6n5-c5nc(-c6ccccc6)nc(-c6ccc(-c7ccccc7)cc6)n5)c43)c([2H])c2[2H])c([2H])c1[2H]. The lowest BCUT2D eigenvalue weighted by Crippen LogP contribution is -2.06. The number of rotatable bonds is 6. The van der Waals surface area contributed by atoms with Crippen LogP contribution in [0.4, 0.5) is 0 Å². The van der Waals surface area contributed by atoms with Crippen molar-refractivity contribution in [2.45, 2.75) is 0 Å². The first-order valence-electron chi connectivity index (χ1n) is 26.8. The van der Waals surface area contributed by atoms with Crippen molar-refractivity contribution >= 4 is 43.6 Å². The molecule has 11 rings (SSSR count). The lowest BCUT2D eigenvalue weighted by Gasteiger charge is -2.12. The third kappa shape index (κ3) is 5.21. The highest BCUT2D eigenvalue weighted by molar-refractivity contribution is 6.26. The molecule has 0 radical (unpaired) electrons. The molecular weight excluding hydrogens is 683 g/mol. The zero-order valence-electron chi connectivity index (χ0n) is 47.8. The molecule has 0 bridgehead atoms. The Morgan fingerprint density at radius 2 is 0.893 bits per heavy atom. The van der Waals surface area contributed by atoms with Gasteiger partial charge in [-0.15, -0.1) is 0 Å². The van der Waals surface area contributed by atoms with Gasteiger partial charge in [0.25, 0.3) is 0 Å². The highest BCUT2D eigenvalue weighted by atomic mass is 15.2. The Morgan fingerprint density at radius 1 is 0.357 bits per heavy atom. The van der Waals surface area contributed by atoms with E-state index in [1.54, 1.807) is 42.5 Å². The second-order valence-corrected chi connectivity index (χ2v) is 12.6. The average molecular weight is 735 g/mol. The van der Waals surface area contributed by atoms with E-state index in [9.17, 15) is 13.7 Å². The summed E-state index contributed by atoms with van der Waals surface area (Å²) in [6, 6.07) is 10.6. The monoisotopic (exact) mass is 734 g/mol. The van der Waals surface area contributed by atoms with E-state index in [1.165, 1.54) is 4.57 Å². The lowest BCUT2D eigenvalue weighted by molar-refractivity contribution is 0.953. The third-order valence-corrected chi connectivity index (χ3v) is 9.44. The molecule has 0 saturated carbocycles. The molecule has 262 valence electrons. The van der Waals surface area contributed by atoms with Crippen LogP contribution in [0.1, 0.15) is 26.0 Å². The van der Waals surface area contributed by atoms with Crippen LogP contribution >= 0.6 is 0 Å². The predicted octanol–water partition coefficient (Wildman–Crippen LogP) is 12.7. The van der Waals surface area contributed by atoms with Gasteiger partial charge in [0, 0.05) is 38.4 Å². The summed E-state index contributed by atoms with van der Waals surface area (Å²) in [7, 11) is 0. The minimum absolute atomic E-state index is 0.0913. The Morgan fingerprint density at radius 3 is 1.59 bits per heavy atom. The van der Waals surface area contributed by atoms with E-state index in [0.29, 0.717) is 11.1 Å². The van der Waals surface area contributed by atoms with Crippen molar-refractivity contribution in [2.24, 2.45) is 0 Å². The zero-order valence-corrected chi connectivity index (χ0v) is 28.8. The Labute approximate surface area is 350 Å². The summed E-state index contributed by atoms with van der Waals surface area (Å²) in [5, 5.41) is -1.40. The number of hydrogen-bond acceptors (Lipinski definition) is 3. The van der Waals surface area contributed by atoms with Crippen molar-refractivity contribution < 1.29 is 26.0 Å². The number of fused-ring (bicyclic) bond motifs is 7. The van der Waals surface area contributed by atoms with Crippen LogP contribution in [0.2, 0.25) is 0 Å². The largest absolute Gasteiger partial charge is 0.309 e. The van der Waals surface area contributed by atoms with Crippen molar-refractivity contribution in [2.75, 3.05) is 0 Å². The first kappa shape index (κ1) is 18.1. The van der Waals surface area contributed by atoms with Crippen LogP contribution in [0.15, 0.2) is 200 Å². The Hall–Kier alpha value is -7.63. The minimum Gasteiger partial charge on any atom is -0.309 e. The van der Waals surface area contributed by atoms with Gasteiger partial charge in [0.15, 0.2) is 11.6 Å². The summed E-state index contributed by atoms with van der Waals surface area (Å²) in [4.78, 5) is 14.6. The third-order valence-electron chi connectivity index (χ3n) is 9.44. The smallest absolute Gasteiger partial charge is 0.238 e. The molecule has 0 aliphatic heterocycles. The fraction of sp³-hybridized carbons (Fsp3) is 0. The molecular formula is C51H33N5.